The molecule has 2 unspecified atom stereocenters. The van der Waals surface area contributed by atoms with Gasteiger partial charge >= 0.3 is 6.09 Å². The van der Waals surface area contributed by atoms with Crippen LogP contribution in [0.4, 0.5) is 4.79 Å². The highest BCUT2D eigenvalue weighted by Crippen LogP contribution is 2.51. The van der Waals surface area contributed by atoms with Crippen molar-refractivity contribution in [2.45, 2.75) is 59.0 Å². The lowest BCUT2D eigenvalue weighted by atomic mass is 9.57. The van der Waals surface area contributed by atoms with Gasteiger partial charge in [-0.05, 0) is 51.9 Å². The Morgan fingerprint density at radius 2 is 2.05 bits per heavy atom. The topological polar surface area (TPSA) is 53.3 Å². The molecule has 1 saturated heterocycles. The molecule has 0 aromatic carbocycles. The van der Waals surface area contributed by atoms with Crippen molar-refractivity contribution in [3.05, 3.63) is 0 Å². The van der Waals surface area contributed by atoms with Crippen molar-refractivity contribution < 1.29 is 9.53 Å². The lowest BCUT2D eigenvalue weighted by Gasteiger charge is -2.48. The minimum absolute atomic E-state index is 0.112. The molecular formula is C16H26N2O2. The van der Waals surface area contributed by atoms with Crippen molar-refractivity contribution in [3.8, 4) is 6.07 Å². The molecular weight excluding hydrogens is 252 g/mol. The van der Waals surface area contributed by atoms with Crippen LogP contribution < -0.4 is 0 Å². The van der Waals surface area contributed by atoms with Gasteiger partial charge in [0, 0.05) is 13.1 Å². The number of hydrogen-bond donors (Lipinski definition) is 0. The zero-order valence-corrected chi connectivity index (χ0v) is 13.1. The highest BCUT2D eigenvalue weighted by molar-refractivity contribution is 5.68. The zero-order chi connectivity index (χ0) is 15.0. The number of piperidine rings is 1. The fraction of sp³-hybridized carbons (Fsp3) is 0.875. The van der Waals surface area contributed by atoms with Gasteiger partial charge in [-0.1, -0.05) is 13.3 Å². The van der Waals surface area contributed by atoms with Crippen LogP contribution >= 0.6 is 0 Å². The summed E-state index contributed by atoms with van der Waals surface area (Å²) < 4.78 is 5.44. The van der Waals surface area contributed by atoms with Gasteiger partial charge in [-0.25, -0.2) is 4.79 Å². The summed E-state index contributed by atoms with van der Waals surface area (Å²) >= 11 is 0. The second-order valence-corrected chi connectivity index (χ2v) is 7.42. The molecule has 4 nitrogen and oxygen atoms in total. The fourth-order valence-electron chi connectivity index (χ4n) is 3.58. The standard InChI is InChI=1S/C16H26N2O2/c1-12-10-18(14(19)20-15(2,3)4)9-6-13(12)16(11-17)7-5-8-16/h12-13H,5-10H2,1-4H3. The second-order valence-electron chi connectivity index (χ2n) is 7.42. The SMILES string of the molecule is CC1CN(C(=O)OC(C)(C)C)CCC1C1(C#N)CCC1. The predicted octanol–water partition coefficient (Wildman–Crippen LogP) is 3.57. The Balaban J connectivity index is 1.96. The van der Waals surface area contributed by atoms with E-state index < -0.39 is 5.60 Å². The van der Waals surface area contributed by atoms with E-state index in [0.29, 0.717) is 24.9 Å². The number of carbonyl (C=O) groups is 1. The van der Waals surface area contributed by atoms with Gasteiger partial charge in [0.1, 0.15) is 5.60 Å². The molecule has 0 bridgehead atoms. The number of ether oxygens (including phenoxy) is 1. The molecule has 112 valence electrons. The Hall–Kier alpha value is -1.24. The summed E-state index contributed by atoms with van der Waals surface area (Å²) in [4.78, 5) is 13.9. The molecule has 0 aromatic heterocycles. The highest BCUT2D eigenvalue weighted by Gasteiger charge is 2.48. The minimum Gasteiger partial charge on any atom is -0.444 e. The van der Waals surface area contributed by atoms with Gasteiger partial charge in [-0.3, -0.25) is 0 Å². The van der Waals surface area contributed by atoms with Crippen molar-refractivity contribution in [1.82, 2.24) is 4.90 Å². The van der Waals surface area contributed by atoms with Crippen LogP contribution in [0, 0.1) is 28.6 Å². The van der Waals surface area contributed by atoms with Crippen LogP contribution in [0.3, 0.4) is 0 Å². The predicted molar refractivity (Wildman–Crippen MR) is 77.0 cm³/mol. The molecule has 1 amide bonds. The van der Waals surface area contributed by atoms with Crippen LogP contribution in [0.5, 0.6) is 0 Å². The van der Waals surface area contributed by atoms with E-state index in [1.807, 2.05) is 20.8 Å². The Bertz CT molecular complexity index is 415. The van der Waals surface area contributed by atoms with Crippen LogP contribution in [0.15, 0.2) is 0 Å². The summed E-state index contributed by atoms with van der Waals surface area (Å²) in [6.45, 7) is 9.26. The summed E-state index contributed by atoms with van der Waals surface area (Å²) in [6.07, 6.45) is 3.94. The van der Waals surface area contributed by atoms with Gasteiger partial charge in [-0.2, -0.15) is 5.26 Å². The van der Waals surface area contributed by atoms with E-state index in [4.69, 9.17) is 4.74 Å². The van der Waals surface area contributed by atoms with E-state index in [1.165, 1.54) is 6.42 Å². The molecule has 4 heteroatoms. The maximum Gasteiger partial charge on any atom is 0.410 e. The number of likely N-dealkylation sites (tertiary alicyclic amines) is 1. The first-order chi connectivity index (χ1) is 9.27. The van der Waals surface area contributed by atoms with Gasteiger partial charge in [-0.15, -0.1) is 0 Å². The third-order valence-electron chi connectivity index (χ3n) is 4.74. The Labute approximate surface area is 122 Å². The first-order valence-corrected chi connectivity index (χ1v) is 7.67. The highest BCUT2D eigenvalue weighted by atomic mass is 16.6. The van der Waals surface area contributed by atoms with Gasteiger partial charge in [0.05, 0.1) is 11.5 Å². The van der Waals surface area contributed by atoms with Crippen molar-refractivity contribution >= 4 is 6.09 Å². The normalized spacial score (nSPS) is 29.2. The van der Waals surface area contributed by atoms with E-state index in [0.717, 1.165) is 19.3 Å². The van der Waals surface area contributed by atoms with E-state index >= 15 is 0 Å². The summed E-state index contributed by atoms with van der Waals surface area (Å²) in [6, 6.07) is 2.56. The molecule has 20 heavy (non-hydrogen) atoms. The Morgan fingerprint density at radius 3 is 2.45 bits per heavy atom. The molecule has 2 atom stereocenters. The molecule has 0 aromatic rings. The number of carbonyl (C=O) groups excluding carboxylic acids is 1. The molecule has 1 saturated carbocycles. The van der Waals surface area contributed by atoms with Gasteiger partial charge in [0.2, 0.25) is 0 Å². The summed E-state index contributed by atoms with van der Waals surface area (Å²) in [5, 5.41) is 9.48. The Morgan fingerprint density at radius 1 is 1.40 bits per heavy atom. The monoisotopic (exact) mass is 278 g/mol. The third kappa shape index (κ3) is 2.92. The van der Waals surface area contributed by atoms with Crippen molar-refractivity contribution in [1.29, 1.82) is 5.26 Å². The van der Waals surface area contributed by atoms with Crippen LogP contribution in [0.1, 0.15) is 53.4 Å². The quantitative estimate of drug-likeness (QED) is 0.736. The maximum absolute atomic E-state index is 12.1. The Kier molecular flexibility index (Phi) is 4.00. The smallest absolute Gasteiger partial charge is 0.410 e. The molecule has 0 N–H and O–H groups in total. The van der Waals surface area contributed by atoms with E-state index in [9.17, 15) is 10.1 Å². The number of nitrogens with zero attached hydrogens (tertiary/aromatic N) is 2. The first kappa shape index (κ1) is 15.2. The van der Waals surface area contributed by atoms with Crippen LogP contribution in [-0.2, 0) is 4.74 Å². The maximum atomic E-state index is 12.1. The third-order valence-corrected chi connectivity index (χ3v) is 4.74. The van der Waals surface area contributed by atoms with E-state index in [1.54, 1.807) is 4.90 Å². The summed E-state index contributed by atoms with van der Waals surface area (Å²) in [5.41, 5.74) is -0.557. The average Bonchev–Trinajstić information content (AvgIpc) is 2.28. The molecule has 1 heterocycles. The molecule has 2 rings (SSSR count). The average molecular weight is 278 g/mol. The van der Waals surface area contributed by atoms with Crippen molar-refractivity contribution in [2.75, 3.05) is 13.1 Å². The molecule has 2 aliphatic rings. The number of rotatable bonds is 1. The molecule has 0 radical (unpaired) electrons. The summed E-state index contributed by atoms with van der Waals surface area (Å²) in [5.74, 6) is 0.802. The van der Waals surface area contributed by atoms with Gasteiger partial charge in [0.15, 0.2) is 0 Å². The minimum atomic E-state index is -0.445. The van der Waals surface area contributed by atoms with Crippen LogP contribution in [0.2, 0.25) is 0 Å². The fourth-order valence-corrected chi connectivity index (χ4v) is 3.58. The molecule has 1 aliphatic carbocycles. The van der Waals surface area contributed by atoms with Crippen LogP contribution in [-0.4, -0.2) is 29.7 Å². The first-order valence-electron chi connectivity index (χ1n) is 7.67. The lowest BCUT2D eigenvalue weighted by molar-refractivity contribution is -0.0123. The number of hydrogen-bond acceptors (Lipinski definition) is 3. The van der Waals surface area contributed by atoms with Crippen molar-refractivity contribution in [2.24, 2.45) is 17.3 Å². The second kappa shape index (κ2) is 5.27. The van der Waals surface area contributed by atoms with E-state index in [-0.39, 0.29) is 11.5 Å². The zero-order valence-electron chi connectivity index (χ0n) is 13.1. The van der Waals surface area contributed by atoms with Crippen LogP contribution in [0.25, 0.3) is 0 Å². The molecule has 0 spiro atoms. The number of amides is 1. The van der Waals surface area contributed by atoms with Gasteiger partial charge < -0.3 is 9.64 Å². The number of nitriles is 1. The molecule has 2 fully saturated rings. The summed E-state index contributed by atoms with van der Waals surface area (Å²) in [7, 11) is 0. The van der Waals surface area contributed by atoms with E-state index in [2.05, 4.69) is 13.0 Å². The van der Waals surface area contributed by atoms with Gasteiger partial charge in [0.25, 0.3) is 0 Å². The lowest BCUT2D eigenvalue weighted by Crippen LogP contribution is -2.50. The van der Waals surface area contributed by atoms with Crippen molar-refractivity contribution in [3.63, 3.8) is 0 Å². The molecule has 1 aliphatic heterocycles. The largest absolute Gasteiger partial charge is 0.444 e.